The molecule has 0 radical (unpaired) electrons. The van der Waals surface area contributed by atoms with E-state index in [0.29, 0.717) is 39.0 Å². The van der Waals surface area contributed by atoms with Crippen molar-refractivity contribution in [1.82, 2.24) is 0 Å². The lowest BCUT2D eigenvalue weighted by Gasteiger charge is -2.12. The topological polar surface area (TPSA) is 176 Å². The maximum absolute atomic E-state index is 11.6. The number of phenols is 1. The lowest BCUT2D eigenvalue weighted by Crippen LogP contribution is -1.99. The first-order chi connectivity index (χ1) is 14.7. The molecule has 3 rings (SSSR count). The van der Waals surface area contributed by atoms with Crippen molar-refractivity contribution in [1.29, 1.82) is 0 Å². The van der Waals surface area contributed by atoms with Crippen LogP contribution in [-0.4, -0.2) is 30.4 Å². The summed E-state index contributed by atoms with van der Waals surface area (Å²) in [4.78, 5) is 0.0653. The Balaban J connectivity index is 2.10. The number of azo groups is 1. The van der Waals surface area contributed by atoms with Crippen molar-refractivity contribution in [3.05, 3.63) is 42.0 Å². The molecule has 3 aromatic rings. The predicted molar refractivity (Wildman–Crippen MR) is 115 cm³/mol. The van der Waals surface area contributed by atoms with Crippen molar-refractivity contribution in [3.63, 3.8) is 0 Å². The quantitative estimate of drug-likeness (QED) is 0.0827. The second-order valence-corrected chi connectivity index (χ2v) is 8.41. The zero-order chi connectivity index (χ0) is 22.8. The number of phenolic OH excluding ortho intramolecular Hbond substituents is 1. The van der Waals surface area contributed by atoms with E-state index in [1.54, 1.807) is 26.1 Å². The number of nitrogens with zero attached hydrogens (tertiary/aromatic N) is 2. The highest BCUT2D eigenvalue weighted by molar-refractivity contribution is 7.94. The third kappa shape index (κ3) is 4.71. The molecule has 0 heterocycles. The largest absolute Gasteiger partial charge is 0.507 e. The molecule has 0 unspecified atom stereocenters. The van der Waals surface area contributed by atoms with Crippen molar-refractivity contribution >= 4 is 55.7 Å². The molecule has 6 N–H and O–H groups in total. The normalized spacial score (nSPS) is 12.0. The molecule has 0 bridgehead atoms. The van der Waals surface area contributed by atoms with Crippen LogP contribution in [0.5, 0.6) is 5.75 Å². The van der Waals surface area contributed by atoms with Gasteiger partial charge in [-0.25, -0.2) is 5.26 Å². The number of fused-ring (bicyclic) bond motifs is 1. The number of hydrogen-bond donors (Lipinski definition) is 5. The van der Waals surface area contributed by atoms with Gasteiger partial charge in [0.05, 0.1) is 17.7 Å². The summed E-state index contributed by atoms with van der Waals surface area (Å²) in [6.45, 7) is 1.62. The van der Waals surface area contributed by atoms with Crippen LogP contribution in [0, 0.1) is 6.92 Å². The highest BCUT2D eigenvalue weighted by Gasteiger charge is 2.18. The van der Waals surface area contributed by atoms with Crippen molar-refractivity contribution in [2.24, 2.45) is 10.2 Å². The number of benzene rings is 3. The summed E-state index contributed by atoms with van der Waals surface area (Å²) in [6.07, 6.45) is 0. The molecule has 13 heteroatoms. The molecule has 0 aliphatic heterocycles. The summed E-state index contributed by atoms with van der Waals surface area (Å²) in [7, 11) is -2.89. The summed E-state index contributed by atoms with van der Waals surface area (Å²) in [5, 5.41) is 34.2. The Kier molecular flexibility index (Phi) is 6.64. The summed E-state index contributed by atoms with van der Waals surface area (Å²) < 4.78 is 37.1. The predicted octanol–water partition coefficient (Wildman–Crippen LogP) is 4.57. The SMILES string of the molecule is CNc1ccc(S(=O)(=O)O)c(N=Nc2ccc3cc(SOOO)c(C)c(O)c3c2N)c1. The van der Waals surface area contributed by atoms with Gasteiger partial charge in [-0.1, -0.05) is 11.1 Å². The van der Waals surface area contributed by atoms with E-state index in [2.05, 4.69) is 24.9 Å². The lowest BCUT2D eigenvalue weighted by molar-refractivity contribution is -0.432. The molecular weight excluding hydrogens is 448 g/mol. The Labute approximate surface area is 181 Å². The monoisotopic (exact) mass is 466 g/mol. The highest BCUT2D eigenvalue weighted by Crippen LogP contribution is 2.43. The third-order valence-corrected chi connectivity index (χ3v) is 6.08. The van der Waals surface area contributed by atoms with Gasteiger partial charge in [0.1, 0.15) is 22.0 Å². The van der Waals surface area contributed by atoms with Crippen LogP contribution in [0.25, 0.3) is 10.8 Å². The van der Waals surface area contributed by atoms with E-state index >= 15 is 0 Å². The van der Waals surface area contributed by atoms with E-state index in [-0.39, 0.29) is 22.8 Å². The number of nitrogen functional groups attached to an aromatic ring is 1. The van der Waals surface area contributed by atoms with Gasteiger partial charge in [0.25, 0.3) is 10.1 Å². The van der Waals surface area contributed by atoms with E-state index in [4.69, 9.17) is 11.0 Å². The Morgan fingerprint density at radius 3 is 2.48 bits per heavy atom. The van der Waals surface area contributed by atoms with Gasteiger partial charge in [-0.2, -0.15) is 8.42 Å². The van der Waals surface area contributed by atoms with Crippen molar-refractivity contribution in [2.75, 3.05) is 18.1 Å². The van der Waals surface area contributed by atoms with E-state index in [9.17, 15) is 18.1 Å². The Morgan fingerprint density at radius 2 is 1.84 bits per heavy atom. The molecule has 0 amide bonds. The summed E-state index contributed by atoms with van der Waals surface area (Å²) in [5.41, 5.74) is 7.35. The molecule has 11 nitrogen and oxygen atoms in total. The molecule has 0 saturated carbocycles. The molecule has 0 saturated heterocycles. The molecule has 0 aliphatic rings. The minimum absolute atomic E-state index is 0.0952. The number of hydrogen-bond acceptors (Lipinski definition) is 11. The van der Waals surface area contributed by atoms with Crippen LogP contribution in [0.2, 0.25) is 0 Å². The van der Waals surface area contributed by atoms with Gasteiger partial charge in [-0.15, -0.1) is 14.6 Å². The fraction of sp³-hybridized carbons (Fsp3) is 0.111. The van der Waals surface area contributed by atoms with E-state index < -0.39 is 15.0 Å². The van der Waals surface area contributed by atoms with Crippen LogP contribution in [0.15, 0.2) is 56.4 Å². The standard InChI is InChI=1S/C18H18N4O7S2/c1-9-14(30-29-28-24)7-10-3-5-12(17(19)16(10)18(9)23)21-22-13-8-11(20-2)4-6-15(13)31(25,26)27/h3-8,20,23-24H,19H2,1-2H3,(H,25,26,27). The number of nitrogens with two attached hydrogens (primary N) is 1. The number of rotatable bonds is 7. The van der Waals surface area contributed by atoms with Gasteiger partial charge in [-0.05, 0) is 42.6 Å². The second-order valence-electron chi connectivity index (χ2n) is 6.28. The smallest absolute Gasteiger partial charge is 0.296 e. The average molecular weight is 466 g/mol. The number of anilines is 2. The van der Waals surface area contributed by atoms with Gasteiger partial charge in [-0.3, -0.25) is 4.55 Å². The van der Waals surface area contributed by atoms with E-state index in [1.165, 1.54) is 24.3 Å². The zero-order valence-electron chi connectivity index (χ0n) is 16.2. The number of nitrogens with one attached hydrogen (secondary N) is 1. The number of aromatic hydroxyl groups is 1. The van der Waals surface area contributed by atoms with Crippen LogP contribution >= 0.6 is 12.0 Å². The first kappa shape index (κ1) is 22.7. The molecule has 164 valence electrons. The van der Waals surface area contributed by atoms with Crippen LogP contribution in [-0.2, 0) is 19.5 Å². The Morgan fingerprint density at radius 1 is 1.13 bits per heavy atom. The zero-order valence-corrected chi connectivity index (χ0v) is 17.9. The van der Waals surface area contributed by atoms with Crippen LogP contribution in [0.3, 0.4) is 0 Å². The van der Waals surface area contributed by atoms with Gasteiger partial charge in [0, 0.05) is 28.6 Å². The first-order valence-electron chi connectivity index (χ1n) is 8.58. The molecule has 0 fully saturated rings. The van der Waals surface area contributed by atoms with Crippen molar-refractivity contribution < 1.29 is 32.7 Å². The summed E-state index contributed by atoms with van der Waals surface area (Å²) in [5.74, 6) is -0.133. The Hall–Kier alpha value is -2.94. The molecule has 0 spiro atoms. The fourth-order valence-corrected chi connectivity index (χ4v) is 3.97. The van der Waals surface area contributed by atoms with E-state index in [0.717, 1.165) is 0 Å². The van der Waals surface area contributed by atoms with Gasteiger partial charge >= 0.3 is 0 Å². The molecule has 31 heavy (non-hydrogen) atoms. The van der Waals surface area contributed by atoms with Gasteiger partial charge in [0.2, 0.25) is 0 Å². The maximum Gasteiger partial charge on any atom is 0.296 e. The average Bonchev–Trinajstić information content (AvgIpc) is 2.73. The minimum atomic E-state index is -4.53. The Bertz CT molecular complexity index is 1280. The third-order valence-electron chi connectivity index (χ3n) is 4.45. The highest BCUT2D eigenvalue weighted by atomic mass is 32.2. The molecule has 3 aromatic carbocycles. The van der Waals surface area contributed by atoms with Crippen molar-refractivity contribution in [3.8, 4) is 5.75 Å². The fourth-order valence-electron chi connectivity index (χ4n) is 2.87. The van der Waals surface area contributed by atoms with Crippen LogP contribution in [0.1, 0.15) is 5.56 Å². The second kappa shape index (κ2) is 9.05. The minimum Gasteiger partial charge on any atom is -0.507 e. The molecule has 0 aromatic heterocycles. The van der Waals surface area contributed by atoms with Gasteiger partial charge in [0.15, 0.2) is 0 Å². The van der Waals surface area contributed by atoms with Crippen LogP contribution in [0.4, 0.5) is 22.7 Å². The first-order valence-corrected chi connectivity index (χ1v) is 10.8. The van der Waals surface area contributed by atoms with Crippen molar-refractivity contribution in [2.45, 2.75) is 16.7 Å². The molecule has 0 aliphatic carbocycles. The van der Waals surface area contributed by atoms with Crippen LogP contribution < -0.4 is 11.1 Å². The maximum atomic E-state index is 11.6. The van der Waals surface area contributed by atoms with Gasteiger partial charge < -0.3 is 16.2 Å². The summed E-state index contributed by atoms with van der Waals surface area (Å²) >= 11 is 0.699. The summed E-state index contributed by atoms with van der Waals surface area (Å²) in [6, 6.07) is 8.89. The van der Waals surface area contributed by atoms with E-state index in [1.807, 2.05) is 0 Å². The molecular formula is C18H18N4O7S2. The lowest BCUT2D eigenvalue weighted by atomic mass is 10.0. The molecule has 0 atom stereocenters.